The van der Waals surface area contributed by atoms with Gasteiger partial charge in [0.15, 0.2) is 0 Å². The fraction of sp³-hybridized carbons (Fsp3) is 0.0588. The predicted octanol–water partition coefficient (Wildman–Crippen LogP) is 2.62. The van der Waals surface area contributed by atoms with E-state index in [9.17, 15) is 9.90 Å². The molecule has 5 heteroatoms. The first-order valence-corrected chi connectivity index (χ1v) is 6.51. The van der Waals surface area contributed by atoms with Crippen LogP contribution in [0, 0.1) is 22.7 Å². The van der Waals surface area contributed by atoms with Gasteiger partial charge >= 0.3 is 5.97 Å². The second-order valence-corrected chi connectivity index (χ2v) is 4.72. The van der Waals surface area contributed by atoms with E-state index in [0.29, 0.717) is 16.8 Å². The van der Waals surface area contributed by atoms with Crippen LogP contribution >= 0.6 is 0 Å². The molecule has 0 fully saturated rings. The summed E-state index contributed by atoms with van der Waals surface area (Å²) in [6, 6.07) is 14.7. The van der Waals surface area contributed by atoms with E-state index in [4.69, 9.17) is 10.5 Å². The molecule has 3 rings (SSSR count). The van der Waals surface area contributed by atoms with Crippen LogP contribution < -0.4 is 0 Å². The van der Waals surface area contributed by atoms with Crippen LogP contribution in [0.1, 0.15) is 21.5 Å². The van der Waals surface area contributed by atoms with Crippen LogP contribution in [-0.4, -0.2) is 22.8 Å². The minimum absolute atomic E-state index is 0.181. The molecule has 1 N–H and O–H groups in total. The van der Waals surface area contributed by atoms with Gasteiger partial charge in [-0.3, -0.25) is 4.99 Å². The number of fused-ring (bicyclic) bond motifs is 3. The first-order valence-electron chi connectivity index (χ1n) is 6.51. The van der Waals surface area contributed by atoms with Crippen LogP contribution in [-0.2, 0) is 0 Å². The normalized spacial score (nSPS) is 13.3. The van der Waals surface area contributed by atoms with Crippen LogP contribution in [0.3, 0.4) is 0 Å². The monoisotopic (exact) mass is 287 g/mol. The molecule has 0 radical (unpaired) electrons. The van der Waals surface area contributed by atoms with E-state index in [0.717, 1.165) is 11.1 Å². The lowest BCUT2D eigenvalue weighted by Gasteiger charge is -2.04. The molecule has 2 aromatic rings. The molecule has 0 bridgehead atoms. The Labute approximate surface area is 126 Å². The molecule has 22 heavy (non-hydrogen) atoms. The SMILES string of the molecule is N#CC(C#N)N=C1c2ccccc2-c2c(C(=O)O)cccc21. The van der Waals surface area contributed by atoms with E-state index in [1.54, 1.807) is 12.1 Å². The molecule has 5 nitrogen and oxygen atoms in total. The van der Waals surface area contributed by atoms with Crippen molar-refractivity contribution < 1.29 is 9.90 Å². The molecule has 104 valence electrons. The van der Waals surface area contributed by atoms with Gasteiger partial charge in [0.1, 0.15) is 12.1 Å². The summed E-state index contributed by atoms with van der Waals surface area (Å²) in [5, 5.41) is 27.3. The molecular formula is C17H9N3O2. The minimum Gasteiger partial charge on any atom is -0.478 e. The van der Waals surface area contributed by atoms with Gasteiger partial charge in [0.2, 0.25) is 6.04 Å². The van der Waals surface area contributed by atoms with Crippen LogP contribution in [0.25, 0.3) is 11.1 Å². The third kappa shape index (κ3) is 1.93. The molecule has 0 amide bonds. The number of carboxylic acid groups (broad SMARTS) is 1. The van der Waals surface area contributed by atoms with Crippen molar-refractivity contribution in [2.24, 2.45) is 4.99 Å². The van der Waals surface area contributed by atoms with Gasteiger partial charge in [-0.15, -0.1) is 0 Å². The Hall–Kier alpha value is -3.44. The molecule has 0 unspecified atom stereocenters. The van der Waals surface area contributed by atoms with E-state index in [1.807, 2.05) is 36.4 Å². The lowest BCUT2D eigenvalue weighted by atomic mass is 9.99. The van der Waals surface area contributed by atoms with Crippen molar-refractivity contribution in [1.82, 2.24) is 0 Å². The first-order chi connectivity index (χ1) is 10.7. The van der Waals surface area contributed by atoms with Gasteiger partial charge in [0, 0.05) is 16.7 Å². The van der Waals surface area contributed by atoms with Gasteiger partial charge in [0.25, 0.3) is 0 Å². The van der Waals surface area contributed by atoms with Gasteiger partial charge in [-0.2, -0.15) is 10.5 Å². The van der Waals surface area contributed by atoms with Crippen LogP contribution in [0.2, 0.25) is 0 Å². The molecule has 0 spiro atoms. The second-order valence-electron chi connectivity index (χ2n) is 4.72. The van der Waals surface area contributed by atoms with Crippen molar-refractivity contribution in [3.05, 3.63) is 59.2 Å². The number of carboxylic acids is 1. The Morgan fingerprint density at radius 1 is 1.00 bits per heavy atom. The van der Waals surface area contributed by atoms with Crippen molar-refractivity contribution >= 4 is 11.7 Å². The first kappa shape index (κ1) is 13.5. The van der Waals surface area contributed by atoms with Crippen molar-refractivity contribution in [3.63, 3.8) is 0 Å². The number of aromatic carboxylic acids is 1. The number of hydrogen-bond donors (Lipinski definition) is 1. The maximum Gasteiger partial charge on any atom is 0.336 e. The highest BCUT2D eigenvalue weighted by atomic mass is 16.4. The summed E-state index contributed by atoms with van der Waals surface area (Å²) in [7, 11) is 0. The summed E-state index contributed by atoms with van der Waals surface area (Å²) >= 11 is 0. The zero-order valence-corrected chi connectivity index (χ0v) is 11.3. The zero-order chi connectivity index (χ0) is 15.7. The highest BCUT2D eigenvalue weighted by Gasteiger charge is 2.29. The average molecular weight is 287 g/mol. The maximum absolute atomic E-state index is 11.5. The van der Waals surface area contributed by atoms with Crippen molar-refractivity contribution in [3.8, 4) is 23.3 Å². The Morgan fingerprint density at radius 2 is 1.64 bits per heavy atom. The topological polar surface area (TPSA) is 97.2 Å². The van der Waals surface area contributed by atoms with Gasteiger partial charge in [-0.05, 0) is 11.6 Å². The summed E-state index contributed by atoms with van der Waals surface area (Å²) in [5.74, 6) is -1.02. The zero-order valence-electron chi connectivity index (χ0n) is 11.3. The third-order valence-electron chi connectivity index (χ3n) is 3.50. The summed E-state index contributed by atoms with van der Waals surface area (Å²) in [5.41, 5.74) is 3.38. The summed E-state index contributed by atoms with van der Waals surface area (Å²) in [4.78, 5) is 15.7. The van der Waals surface area contributed by atoms with Crippen molar-refractivity contribution in [2.75, 3.05) is 0 Å². The number of aliphatic imine (C=N–C) groups is 1. The summed E-state index contributed by atoms with van der Waals surface area (Å²) < 4.78 is 0. The number of hydrogen-bond acceptors (Lipinski definition) is 4. The van der Waals surface area contributed by atoms with E-state index in [1.165, 1.54) is 6.07 Å². The maximum atomic E-state index is 11.5. The van der Waals surface area contributed by atoms with Crippen LogP contribution in [0.5, 0.6) is 0 Å². The number of nitrogens with zero attached hydrogens (tertiary/aromatic N) is 3. The number of rotatable bonds is 2. The van der Waals surface area contributed by atoms with Crippen molar-refractivity contribution in [1.29, 1.82) is 10.5 Å². The van der Waals surface area contributed by atoms with E-state index < -0.39 is 12.0 Å². The lowest BCUT2D eigenvalue weighted by molar-refractivity contribution is 0.0697. The van der Waals surface area contributed by atoms with Crippen molar-refractivity contribution in [2.45, 2.75) is 6.04 Å². The number of nitriles is 2. The standard InChI is InChI=1S/C17H9N3O2/c18-8-10(9-19)20-16-12-5-2-1-4-11(12)15-13(16)6-3-7-14(15)17(21)22/h1-7,10H,(H,21,22). The Bertz CT molecular complexity index is 887. The molecule has 0 aromatic heterocycles. The van der Waals surface area contributed by atoms with Crippen LogP contribution in [0.4, 0.5) is 0 Å². The predicted molar refractivity (Wildman–Crippen MR) is 79.5 cm³/mol. The summed E-state index contributed by atoms with van der Waals surface area (Å²) in [6.45, 7) is 0. The van der Waals surface area contributed by atoms with E-state index in [-0.39, 0.29) is 5.56 Å². The second kappa shape index (κ2) is 5.16. The molecule has 0 heterocycles. The fourth-order valence-corrected chi connectivity index (χ4v) is 2.63. The van der Waals surface area contributed by atoms with E-state index >= 15 is 0 Å². The molecular weight excluding hydrogens is 278 g/mol. The fourth-order valence-electron chi connectivity index (χ4n) is 2.63. The summed E-state index contributed by atoms with van der Waals surface area (Å²) in [6.07, 6.45) is 0. The smallest absolute Gasteiger partial charge is 0.336 e. The highest BCUT2D eigenvalue weighted by Crippen LogP contribution is 2.39. The highest BCUT2D eigenvalue weighted by molar-refractivity contribution is 6.26. The number of benzene rings is 2. The molecule has 0 aliphatic heterocycles. The van der Waals surface area contributed by atoms with Gasteiger partial charge in [0.05, 0.1) is 11.3 Å². The van der Waals surface area contributed by atoms with Gasteiger partial charge < -0.3 is 5.11 Å². The minimum atomic E-state index is -1.12. The number of carbonyl (C=O) groups is 1. The van der Waals surface area contributed by atoms with Crippen LogP contribution in [0.15, 0.2) is 47.5 Å². The largest absolute Gasteiger partial charge is 0.478 e. The molecule has 0 atom stereocenters. The lowest BCUT2D eigenvalue weighted by Crippen LogP contribution is -2.06. The van der Waals surface area contributed by atoms with Gasteiger partial charge in [-0.25, -0.2) is 4.79 Å². The Balaban J connectivity index is 2.35. The molecule has 1 aliphatic carbocycles. The molecule has 0 saturated carbocycles. The molecule has 1 aliphatic rings. The average Bonchev–Trinajstić information content (AvgIpc) is 2.86. The quantitative estimate of drug-likeness (QED) is 0.783. The van der Waals surface area contributed by atoms with E-state index in [2.05, 4.69) is 4.99 Å². The third-order valence-corrected chi connectivity index (χ3v) is 3.50. The van der Waals surface area contributed by atoms with Gasteiger partial charge in [-0.1, -0.05) is 36.4 Å². The molecule has 2 aromatic carbocycles. The Kier molecular flexibility index (Phi) is 3.17. The molecule has 0 saturated heterocycles. The Morgan fingerprint density at radius 3 is 2.27 bits per heavy atom.